The zero-order chi connectivity index (χ0) is 47.3. The van der Waals surface area contributed by atoms with Crippen molar-refractivity contribution in [3.05, 3.63) is 47.6 Å². The standard InChI is InChI=1S/C51H79NO12/c1-31-17-12-11-13-18-32(2)43(61-9)29-40-23-22-37(7)51(59,64-40)48(56)49(57)52-24-15-14-21-41(52)50(58)63-44(34(4)27-38-19-16-20-39(28-38)60-8)30-42(53)33(3)26-36(6)46(55)47(62-10)45(54)35(5)25-31/h11-13,17-18,26,31,33-35,37-41,43-44,46-47,55,59H,14-16,19-25,27-30H2,1-10H3/b13-11+,17-12+,32-18-,36-26+/t31-,33-,34-,35-,37-,38+,39-,40+,41+,43+,44+,46-,47+,51-/m1/s1. The Kier molecular flexibility index (Phi) is 20.8. The molecule has 0 spiro atoms. The van der Waals surface area contributed by atoms with Crippen LogP contribution in [0.2, 0.25) is 0 Å². The van der Waals surface area contributed by atoms with E-state index in [1.165, 1.54) is 12.0 Å². The van der Waals surface area contributed by atoms with Gasteiger partial charge in [-0.15, -0.1) is 0 Å². The number of piperidine rings is 1. The van der Waals surface area contributed by atoms with Gasteiger partial charge < -0.3 is 38.8 Å². The summed E-state index contributed by atoms with van der Waals surface area (Å²) >= 11 is 0. The summed E-state index contributed by atoms with van der Waals surface area (Å²) in [5, 5.41) is 23.4. The van der Waals surface area contributed by atoms with Crippen LogP contribution in [0, 0.1) is 35.5 Å². The Labute approximate surface area is 382 Å². The SMILES string of the molecule is CO[C@@H]1CCC[C@@H](C[C@@H](C)[C@@H]2CC(=O)[C@H](C)/C=C(\C)[C@@H](O)[C@@H](OC)C(=O)[C@H](C)C[C@H](C)/C=C/C=C/C=C(/C)[C@@H](OC)C[C@@H]3CC[C@@H](C)[C@@](O)(O3)C(=O)C(=O)N3CCCC[C@H]3C(=O)O2)C1. The van der Waals surface area contributed by atoms with Gasteiger partial charge in [-0.05, 0) is 101 Å². The Bertz CT molecular complexity index is 1720. The number of ketones is 3. The van der Waals surface area contributed by atoms with Gasteiger partial charge in [0, 0.05) is 58.5 Å². The van der Waals surface area contributed by atoms with Crippen LogP contribution in [0.4, 0.5) is 0 Å². The number of aliphatic hydroxyl groups is 2. The molecule has 0 aromatic rings. The number of hydrogen-bond acceptors (Lipinski definition) is 12. The normalized spacial score (nSPS) is 39.7. The first-order valence-corrected chi connectivity index (χ1v) is 23.8. The highest BCUT2D eigenvalue weighted by Gasteiger charge is 2.53. The van der Waals surface area contributed by atoms with E-state index >= 15 is 0 Å². The lowest BCUT2D eigenvalue weighted by atomic mass is 9.79. The highest BCUT2D eigenvalue weighted by atomic mass is 16.6. The summed E-state index contributed by atoms with van der Waals surface area (Å²) in [7, 11) is 4.69. The molecule has 0 aromatic heterocycles. The first-order chi connectivity index (χ1) is 30.3. The number of cyclic esters (lactones) is 1. The number of hydrogen-bond donors (Lipinski definition) is 2. The summed E-state index contributed by atoms with van der Waals surface area (Å²) in [6.07, 6.45) is 14.7. The Morgan fingerprint density at radius 2 is 1.58 bits per heavy atom. The van der Waals surface area contributed by atoms with E-state index in [2.05, 4.69) is 0 Å². The third kappa shape index (κ3) is 14.1. The van der Waals surface area contributed by atoms with Crippen molar-refractivity contribution in [2.45, 2.75) is 180 Å². The molecule has 4 rings (SSSR count). The van der Waals surface area contributed by atoms with Gasteiger partial charge >= 0.3 is 5.97 Å². The molecule has 360 valence electrons. The summed E-state index contributed by atoms with van der Waals surface area (Å²) in [6.45, 7) is 12.9. The van der Waals surface area contributed by atoms with E-state index in [0.29, 0.717) is 56.4 Å². The fourth-order valence-corrected chi connectivity index (χ4v) is 10.1. The van der Waals surface area contributed by atoms with E-state index in [1.807, 2.05) is 58.1 Å². The van der Waals surface area contributed by atoms with Crippen LogP contribution >= 0.6 is 0 Å². The van der Waals surface area contributed by atoms with Gasteiger partial charge in [0.2, 0.25) is 5.79 Å². The number of ether oxygens (including phenoxy) is 5. The van der Waals surface area contributed by atoms with Gasteiger partial charge in [0.25, 0.3) is 11.7 Å². The number of rotatable bonds is 6. The van der Waals surface area contributed by atoms with Crippen molar-refractivity contribution in [3.63, 3.8) is 0 Å². The second kappa shape index (κ2) is 25.0. The minimum atomic E-state index is -2.41. The molecule has 13 heteroatoms. The van der Waals surface area contributed by atoms with Gasteiger partial charge in [-0.25, -0.2) is 4.79 Å². The van der Waals surface area contributed by atoms with E-state index in [4.69, 9.17) is 23.7 Å². The zero-order valence-corrected chi connectivity index (χ0v) is 40.3. The van der Waals surface area contributed by atoms with Crippen molar-refractivity contribution >= 4 is 29.2 Å². The lowest BCUT2D eigenvalue weighted by Crippen LogP contribution is -2.61. The van der Waals surface area contributed by atoms with Crippen molar-refractivity contribution in [1.82, 2.24) is 4.90 Å². The molecule has 2 N–H and O–H groups in total. The fourth-order valence-electron chi connectivity index (χ4n) is 10.1. The molecular weight excluding hydrogens is 819 g/mol. The Hall–Kier alpha value is -3.33. The molecule has 1 saturated carbocycles. The number of amides is 1. The van der Waals surface area contributed by atoms with Crippen molar-refractivity contribution < 1.29 is 57.9 Å². The van der Waals surface area contributed by atoms with Crippen LogP contribution in [0.1, 0.15) is 132 Å². The van der Waals surface area contributed by atoms with Gasteiger partial charge in [0.05, 0.1) is 18.3 Å². The molecule has 3 heterocycles. The molecule has 0 unspecified atom stereocenters. The van der Waals surface area contributed by atoms with Gasteiger partial charge in [-0.3, -0.25) is 19.2 Å². The number of nitrogens with zero attached hydrogens (tertiary/aromatic N) is 1. The first kappa shape index (κ1) is 53.3. The predicted molar refractivity (Wildman–Crippen MR) is 244 cm³/mol. The third-order valence-corrected chi connectivity index (χ3v) is 14.4. The molecule has 14 atom stereocenters. The maximum atomic E-state index is 14.4. The third-order valence-electron chi connectivity index (χ3n) is 14.4. The second-order valence-corrected chi connectivity index (χ2v) is 19.5. The molecule has 1 amide bonds. The Balaban J connectivity index is 1.70. The minimum absolute atomic E-state index is 0.0317. The van der Waals surface area contributed by atoms with Crippen LogP contribution in [0.25, 0.3) is 0 Å². The van der Waals surface area contributed by atoms with Gasteiger partial charge in [0.15, 0.2) is 5.78 Å². The van der Waals surface area contributed by atoms with Gasteiger partial charge in [0.1, 0.15) is 30.1 Å². The van der Waals surface area contributed by atoms with E-state index < -0.39 is 77.8 Å². The maximum absolute atomic E-state index is 14.4. The number of allylic oxidation sites excluding steroid dienone is 6. The van der Waals surface area contributed by atoms with Crippen LogP contribution in [0.3, 0.4) is 0 Å². The molecule has 3 fully saturated rings. The highest BCUT2D eigenvalue weighted by molar-refractivity contribution is 6.39. The number of fused-ring (bicyclic) bond motifs is 3. The number of carbonyl (C=O) groups excluding carboxylic acids is 5. The first-order valence-electron chi connectivity index (χ1n) is 23.8. The van der Waals surface area contributed by atoms with Crippen LogP contribution in [-0.2, 0) is 47.7 Å². The number of aliphatic hydroxyl groups excluding tert-OH is 1. The summed E-state index contributed by atoms with van der Waals surface area (Å²) < 4.78 is 29.6. The van der Waals surface area contributed by atoms with Crippen LogP contribution in [0.5, 0.6) is 0 Å². The monoisotopic (exact) mass is 898 g/mol. The topological polar surface area (TPSA) is 175 Å². The quantitative estimate of drug-likeness (QED) is 0.156. The minimum Gasteiger partial charge on any atom is -0.460 e. The van der Waals surface area contributed by atoms with Crippen molar-refractivity contribution in [2.75, 3.05) is 27.9 Å². The summed E-state index contributed by atoms with van der Waals surface area (Å²) in [5.41, 5.74) is 1.30. The van der Waals surface area contributed by atoms with Gasteiger partial charge in [-0.1, -0.05) is 83.9 Å². The number of carbonyl (C=O) groups is 5. The van der Waals surface area contributed by atoms with Gasteiger partial charge in [-0.2, -0.15) is 0 Å². The molecule has 4 aliphatic rings. The molecular formula is C51H79NO12. The smallest absolute Gasteiger partial charge is 0.329 e. The van der Waals surface area contributed by atoms with Crippen LogP contribution < -0.4 is 0 Å². The molecule has 13 nitrogen and oxygen atoms in total. The summed E-state index contributed by atoms with van der Waals surface area (Å²) in [6, 6.07) is -1.10. The van der Waals surface area contributed by atoms with E-state index in [9.17, 15) is 34.2 Å². The average molecular weight is 898 g/mol. The Morgan fingerprint density at radius 3 is 2.27 bits per heavy atom. The van der Waals surface area contributed by atoms with Crippen molar-refractivity contribution in [3.8, 4) is 0 Å². The Morgan fingerprint density at radius 1 is 0.844 bits per heavy atom. The predicted octanol–water partition coefficient (Wildman–Crippen LogP) is 7.21. The van der Waals surface area contributed by atoms with Crippen LogP contribution in [0.15, 0.2) is 47.6 Å². The highest BCUT2D eigenvalue weighted by Crippen LogP contribution is 2.37. The van der Waals surface area contributed by atoms with E-state index in [-0.39, 0.29) is 48.9 Å². The number of methoxy groups -OCH3 is 3. The summed E-state index contributed by atoms with van der Waals surface area (Å²) in [5.74, 6) is -7.45. The lowest BCUT2D eigenvalue weighted by Gasteiger charge is -2.42. The van der Waals surface area contributed by atoms with Crippen molar-refractivity contribution in [2.24, 2.45) is 35.5 Å². The molecule has 2 bridgehead atoms. The van der Waals surface area contributed by atoms with Crippen LogP contribution in [-0.4, -0.2) is 121 Å². The average Bonchev–Trinajstić information content (AvgIpc) is 3.27. The van der Waals surface area contributed by atoms with Crippen molar-refractivity contribution in [1.29, 1.82) is 0 Å². The maximum Gasteiger partial charge on any atom is 0.329 e. The number of Topliss-reactive ketones (excluding diaryl/α,β-unsaturated/α-hetero) is 3. The molecule has 0 aromatic carbocycles. The van der Waals surface area contributed by atoms with E-state index in [0.717, 1.165) is 31.3 Å². The summed E-state index contributed by atoms with van der Waals surface area (Å²) in [4.78, 5) is 71.8. The fraction of sp³-hybridized carbons (Fsp3) is 0.745. The molecule has 1 aliphatic carbocycles. The molecule has 3 aliphatic heterocycles. The van der Waals surface area contributed by atoms with E-state index in [1.54, 1.807) is 41.1 Å². The lowest BCUT2D eigenvalue weighted by molar-refractivity contribution is -0.265. The zero-order valence-electron chi connectivity index (χ0n) is 40.3. The molecule has 0 radical (unpaired) electrons. The second-order valence-electron chi connectivity index (χ2n) is 19.5. The number of esters is 1. The molecule has 2 saturated heterocycles. The largest absolute Gasteiger partial charge is 0.460 e. The molecule has 64 heavy (non-hydrogen) atoms.